The van der Waals surface area contributed by atoms with Crippen molar-refractivity contribution in [2.75, 3.05) is 0 Å². The van der Waals surface area contributed by atoms with Gasteiger partial charge in [0.05, 0.1) is 0 Å². The van der Waals surface area contributed by atoms with E-state index in [0.717, 1.165) is 0 Å². The zero-order chi connectivity index (χ0) is 6.91. The fraction of sp³-hybridized carbons (Fsp3) is 1.00. The zero-order valence-corrected chi connectivity index (χ0v) is 8.96. The lowest BCUT2D eigenvalue weighted by Crippen LogP contribution is -2.33. The summed E-state index contributed by atoms with van der Waals surface area (Å²) in [7, 11) is -1.11. The van der Waals surface area contributed by atoms with Crippen LogP contribution in [-0.4, -0.2) is 16.2 Å². The highest BCUT2D eigenvalue weighted by Gasteiger charge is 2.30. The smallest absolute Gasteiger partial charge is 0.150 e. The summed E-state index contributed by atoms with van der Waals surface area (Å²) in [5.41, 5.74) is 1.44. The summed E-state index contributed by atoms with van der Waals surface area (Å²) in [6.07, 6.45) is 1.43. The maximum atomic E-state index is 6.33. The Morgan fingerprint density at radius 3 is 2.56 bits per heavy atom. The molecular weight excluding hydrogens is 164 g/mol. The molecular formula is C6H14ClSi2. The molecule has 1 fully saturated rings. The Bertz CT molecular complexity index is 103. The van der Waals surface area contributed by atoms with Gasteiger partial charge in [0.25, 0.3) is 0 Å². The summed E-state index contributed by atoms with van der Waals surface area (Å²) >= 11 is 6.33. The van der Waals surface area contributed by atoms with Crippen molar-refractivity contribution >= 4 is 27.3 Å². The van der Waals surface area contributed by atoms with Crippen LogP contribution < -0.4 is 0 Å². The largest absolute Gasteiger partial charge is 0.168 e. The van der Waals surface area contributed by atoms with Gasteiger partial charge in [-0.05, 0) is 11.7 Å². The van der Waals surface area contributed by atoms with Gasteiger partial charge in [0.2, 0.25) is 0 Å². The monoisotopic (exact) mass is 177 g/mol. The van der Waals surface area contributed by atoms with Crippen LogP contribution >= 0.6 is 11.1 Å². The van der Waals surface area contributed by atoms with E-state index in [-0.39, 0.29) is 8.80 Å². The van der Waals surface area contributed by atoms with Crippen molar-refractivity contribution in [3.05, 3.63) is 0 Å². The predicted molar refractivity (Wildman–Crippen MR) is 48.1 cm³/mol. The van der Waals surface area contributed by atoms with Crippen LogP contribution in [0.3, 0.4) is 0 Å². The highest BCUT2D eigenvalue weighted by molar-refractivity contribution is 7.23. The van der Waals surface area contributed by atoms with Gasteiger partial charge in [-0.2, -0.15) is 11.1 Å². The third-order valence-corrected chi connectivity index (χ3v) is 11.7. The molecule has 0 aromatic rings. The Labute approximate surface area is 64.9 Å². The Kier molecular flexibility index (Phi) is 2.40. The van der Waals surface area contributed by atoms with E-state index in [1.54, 1.807) is 0 Å². The number of hydrogen-bond acceptors (Lipinski definition) is 0. The van der Waals surface area contributed by atoms with Gasteiger partial charge in [0, 0.05) is 8.80 Å². The van der Waals surface area contributed by atoms with E-state index in [4.69, 9.17) is 11.1 Å². The van der Waals surface area contributed by atoms with Crippen LogP contribution in [0.2, 0.25) is 30.8 Å². The third kappa shape index (κ3) is 2.44. The van der Waals surface area contributed by atoms with E-state index in [9.17, 15) is 0 Å². The summed E-state index contributed by atoms with van der Waals surface area (Å²) in [6.45, 7) is 4.75. The topological polar surface area (TPSA) is 0 Å². The molecule has 0 N–H and O–H groups in total. The lowest BCUT2D eigenvalue weighted by Gasteiger charge is -2.27. The molecule has 1 rings (SSSR count). The van der Waals surface area contributed by atoms with Crippen molar-refractivity contribution in [3.8, 4) is 0 Å². The molecule has 0 spiro atoms. The molecule has 53 valence electrons. The Balaban J connectivity index is 2.41. The van der Waals surface area contributed by atoms with Gasteiger partial charge in [-0.3, -0.25) is 0 Å². The average Bonchev–Trinajstić information content (AvgIpc) is 1.60. The van der Waals surface area contributed by atoms with E-state index in [1.165, 1.54) is 24.2 Å². The second-order valence-corrected chi connectivity index (χ2v) is 13.3. The maximum Gasteiger partial charge on any atom is 0.150 e. The van der Waals surface area contributed by atoms with E-state index < -0.39 is 7.38 Å². The molecule has 0 amide bonds. The van der Waals surface area contributed by atoms with E-state index in [1.807, 2.05) is 0 Å². The van der Waals surface area contributed by atoms with Crippen molar-refractivity contribution in [3.63, 3.8) is 0 Å². The van der Waals surface area contributed by atoms with Crippen LogP contribution in [0.15, 0.2) is 0 Å². The highest BCUT2D eigenvalue weighted by Crippen LogP contribution is 2.31. The van der Waals surface area contributed by atoms with Crippen LogP contribution in [-0.2, 0) is 0 Å². The molecule has 9 heavy (non-hydrogen) atoms. The van der Waals surface area contributed by atoms with Crippen molar-refractivity contribution in [1.82, 2.24) is 0 Å². The Morgan fingerprint density at radius 2 is 2.22 bits per heavy atom. The molecule has 0 saturated carbocycles. The van der Waals surface area contributed by atoms with E-state index in [2.05, 4.69) is 13.1 Å². The highest BCUT2D eigenvalue weighted by atomic mass is 35.6. The molecule has 1 atom stereocenters. The standard InChI is InChI=1S/C6H14ClSi2/c1-8-4-3-5-9(2,7)6-8/h3-6H2,1-2H3. The van der Waals surface area contributed by atoms with Crippen molar-refractivity contribution in [1.29, 1.82) is 0 Å². The first kappa shape index (κ1) is 7.83. The second-order valence-electron chi connectivity index (χ2n) is 3.40. The molecule has 1 aliphatic heterocycles. The van der Waals surface area contributed by atoms with Crippen LogP contribution in [0.25, 0.3) is 0 Å². The third-order valence-electron chi connectivity index (χ3n) is 1.97. The number of hydrogen-bond donors (Lipinski definition) is 0. The minimum atomic E-state index is -1.14. The molecule has 0 nitrogen and oxygen atoms in total. The quantitative estimate of drug-likeness (QED) is 0.395. The van der Waals surface area contributed by atoms with Gasteiger partial charge in [0.1, 0.15) is 0 Å². The minimum absolute atomic E-state index is 0.0302. The molecule has 1 heterocycles. The first-order valence-corrected chi connectivity index (χ1v) is 9.94. The Morgan fingerprint density at radius 1 is 1.56 bits per heavy atom. The summed E-state index contributed by atoms with van der Waals surface area (Å²) < 4.78 is 0. The predicted octanol–water partition coefficient (Wildman–Crippen LogP) is 2.87. The fourth-order valence-corrected chi connectivity index (χ4v) is 12.5. The van der Waals surface area contributed by atoms with Crippen LogP contribution in [0, 0.1) is 0 Å². The molecule has 1 radical (unpaired) electrons. The van der Waals surface area contributed by atoms with Gasteiger partial charge in [0.15, 0.2) is 7.38 Å². The summed E-state index contributed by atoms with van der Waals surface area (Å²) in [5, 5.41) is 0. The second kappa shape index (κ2) is 2.76. The molecule has 0 aliphatic carbocycles. The van der Waals surface area contributed by atoms with Crippen molar-refractivity contribution < 1.29 is 0 Å². The van der Waals surface area contributed by atoms with Gasteiger partial charge in [-0.25, -0.2) is 0 Å². The van der Waals surface area contributed by atoms with E-state index in [0.29, 0.717) is 0 Å². The first-order chi connectivity index (χ1) is 4.10. The van der Waals surface area contributed by atoms with Gasteiger partial charge >= 0.3 is 0 Å². The molecule has 0 aromatic carbocycles. The van der Waals surface area contributed by atoms with Crippen LogP contribution in [0.5, 0.6) is 0 Å². The van der Waals surface area contributed by atoms with Gasteiger partial charge in [-0.1, -0.05) is 25.6 Å². The molecule has 1 unspecified atom stereocenters. The normalized spacial score (nSPS) is 39.0. The molecule has 0 bridgehead atoms. The zero-order valence-electron chi connectivity index (χ0n) is 6.21. The van der Waals surface area contributed by atoms with Gasteiger partial charge in [-0.15, -0.1) is 0 Å². The molecule has 1 aliphatic rings. The lowest BCUT2D eigenvalue weighted by atomic mass is 10.6. The summed E-state index contributed by atoms with van der Waals surface area (Å²) in [4.78, 5) is 0. The maximum absolute atomic E-state index is 6.33. The molecule has 0 aromatic heterocycles. The lowest BCUT2D eigenvalue weighted by molar-refractivity contribution is 1.01. The van der Waals surface area contributed by atoms with Crippen LogP contribution in [0.4, 0.5) is 0 Å². The summed E-state index contributed by atoms with van der Waals surface area (Å²) in [6, 6.07) is 2.89. The van der Waals surface area contributed by atoms with Crippen molar-refractivity contribution in [2.24, 2.45) is 0 Å². The van der Waals surface area contributed by atoms with Gasteiger partial charge < -0.3 is 0 Å². The minimum Gasteiger partial charge on any atom is -0.168 e. The van der Waals surface area contributed by atoms with Crippen molar-refractivity contribution in [2.45, 2.75) is 37.3 Å². The number of halogens is 1. The summed E-state index contributed by atoms with van der Waals surface area (Å²) in [5.74, 6) is 0. The van der Waals surface area contributed by atoms with Crippen LogP contribution in [0.1, 0.15) is 6.42 Å². The average molecular weight is 178 g/mol. The number of rotatable bonds is 0. The Hall–Kier alpha value is 0.724. The molecule has 1 saturated heterocycles. The van der Waals surface area contributed by atoms with E-state index >= 15 is 0 Å². The fourth-order valence-electron chi connectivity index (χ4n) is 1.56. The first-order valence-electron chi connectivity index (χ1n) is 3.60. The molecule has 3 heteroatoms. The SMILES string of the molecule is C[Si]1CCC[Si](C)(Cl)C1.